The van der Waals surface area contributed by atoms with Gasteiger partial charge in [0, 0.05) is 11.6 Å². The minimum absolute atomic E-state index is 0.440. The van der Waals surface area contributed by atoms with E-state index in [1.807, 2.05) is 0 Å². The van der Waals surface area contributed by atoms with E-state index < -0.39 is 0 Å². The van der Waals surface area contributed by atoms with E-state index in [0.717, 1.165) is 23.5 Å². The maximum Gasteiger partial charge on any atom is 0.0797 e. The lowest BCUT2D eigenvalue weighted by atomic mass is 9.87. The molecule has 1 aliphatic heterocycles. The molecule has 1 nitrogen and oxygen atoms in total. The maximum atomic E-state index is 5.36. The first-order valence-corrected chi connectivity index (χ1v) is 6.69. The molecule has 90 valence electrons. The topological polar surface area (TPSA) is 12.0 Å². The van der Waals surface area contributed by atoms with Crippen molar-refractivity contribution in [2.24, 2.45) is 0 Å². The van der Waals surface area contributed by atoms with Gasteiger partial charge in [0.15, 0.2) is 0 Å². The number of anilines is 1. The van der Waals surface area contributed by atoms with Gasteiger partial charge >= 0.3 is 0 Å². The van der Waals surface area contributed by atoms with Crippen LogP contribution in [0.2, 0.25) is 0 Å². The van der Waals surface area contributed by atoms with Crippen LogP contribution in [0.3, 0.4) is 0 Å². The second kappa shape index (κ2) is 4.91. The molecule has 2 aromatic carbocycles. The molecule has 3 rings (SSSR count). The van der Waals surface area contributed by atoms with Crippen molar-refractivity contribution in [2.45, 2.75) is 18.8 Å². The molecule has 0 aliphatic carbocycles. The summed E-state index contributed by atoms with van der Waals surface area (Å²) in [6.45, 7) is 0. The SMILES string of the molecule is S=C1CC[C@@H](c2ccccc2)c2ccccc2N1. The molecule has 1 atom stereocenters. The molecule has 2 heteroatoms. The zero-order chi connectivity index (χ0) is 12.4. The van der Waals surface area contributed by atoms with Crippen LogP contribution < -0.4 is 5.32 Å². The van der Waals surface area contributed by atoms with Gasteiger partial charge in [0.2, 0.25) is 0 Å². The molecule has 0 saturated heterocycles. The Morgan fingerprint density at radius 3 is 2.50 bits per heavy atom. The predicted molar refractivity (Wildman–Crippen MR) is 80.2 cm³/mol. The predicted octanol–water partition coefficient (Wildman–Crippen LogP) is 4.35. The number of hydrogen-bond acceptors (Lipinski definition) is 1. The molecular formula is C16H15NS. The van der Waals surface area contributed by atoms with E-state index >= 15 is 0 Å². The number of fused-ring (bicyclic) bond motifs is 1. The van der Waals surface area contributed by atoms with Crippen LogP contribution in [0.5, 0.6) is 0 Å². The number of benzene rings is 2. The van der Waals surface area contributed by atoms with Crippen LogP contribution in [0, 0.1) is 0 Å². The molecule has 2 aromatic rings. The second-order valence-corrected chi connectivity index (χ2v) is 5.13. The summed E-state index contributed by atoms with van der Waals surface area (Å²) in [5.74, 6) is 0.440. The standard InChI is InChI=1S/C16H15NS/c18-16-11-10-13(12-6-2-1-3-7-12)14-8-4-5-9-15(14)17-16/h1-9,13H,10-11H2,(H,17,18)/t13-/m0/s1. The smallest absolute Gasteiger partial charge is 0.0797 e. The third kappa shape index (κ3) is 2.16. The highest BCUT2D eigenvalue weighted by Gasteiger charge is 2.21. The summed E-state index contributed by atoms with van der Waals surface area (Å²) in [6.07, 6.45) is 2.02. The van der Waals surface area contributed by atoms with Crippen LogP contribution in [-0.2, 0) is 0 Å². The van der Waals surface area contributed by atoms with E-state index in [1.54, 1.807) is 0 Å². The molecule has 18 heavy (non-hydrogen) atoms. The Bertz CT molecular complexity index is 562. The number of para-hydroxylation sites is 1. The monoisotopic (exact) mass is 253 g/mol. The quantitative estimate of drug-likeness (QED) is 0.758. The van der Waals surface area contributed by atoms with Gasteiger partial charge in [0.25, 0.3) is 0 Å². The Balaban J connectivity index is 2.08. The van der Waals surface area contributed by atoms with Crippen molar-refractivity contribution in [3.05, 3.63) is 65.7 Å². The van der Waals surface area contributed by atoms with Gasteiger partial charge in [-0.2, -0.15) is 0 Å². The van der Waals surface area contributed by atoms with E-state index in [1.165, 1.54) is 11.1 Å². The Morgan fingerprint density at radius 2 is 1.67 bits per heavy atom. The first-order valence-electron chi connectivity index (χ1n) is 6.28. The van der Waals surface area contributed by atoms with Crippen molar-refractivity contribution in [2.75, 3.05) is 5.32 Å². The summed E-state index contributed by atoms with van der Waals surface area (Å²) in [5, 5.41) is 3.35. The molecule has 0 fully saturated rings. The van der Waals surface area contributed by atoms with Gasteiger partial charge in [-0.15, -0.1) is 0 Å². The first kappa shape index (κ1) is 11.4. The van der Waals surface area contributed by atoms with Gasteiger partial charge in [0.1, 0.15) is 0 Å². The molecule has 0 spiro atoms. The van der Waals surface area contributed by atoms with E-state index in [4.69, 9.17) is 12.2 Å². The van der Waals surface area contributed by atoms with E-state index in [0.29, 0.717) is 5.92 Å². The lowest BCUT2D eigenvalue weighted by Gasteiger charge is -2.17. The highest BCUT2D eigenvalue weighted by Crippen LogP contribution is 2.36. The highest BCUT2D eigenvalue weighted by molar-refractivity contribution is 7.80. The molecule has 0 radical (unpaired) electrons. The van der Waals surface area contributed by atoms with Crippen LogP contribution in [0.15, 0.2) is 54.6 Å². The van der Waals surface area contributed by atoms with Crippen molar-refractivity contribution in [1.82, 2.24) is 0 Å². The van der Waals surface area contributed by atoms with Crippen molar-refractivity contribution in [1.29, 1.82) is 0 Å². The average Bonchev–Trinajstić information content (AvgIpc) is 2.58. The molecule has 0 saturated carbocycles. The maximum absolute atomic E-state index is 5.36. The molecule has 0 amide bonds. The van der Waals surface area contributed by atoms with E-state index in [-0.39, 0.29) is 0 Å². The molecule has 1 heterocycles. The summed E-state index contributed by atoms with van der Waals surface area (Å²) in [4.78, 5) is 0.945. The Labute approximate surface area is 113 Å². The zero-order valence-electron chi connectivity index (χ0n) is 10.1. The minimum Gasteiger partial charge on any atom is -0.350 e. The summed E-state index contributed by atoms with van der Waals surface area (Å²) in [7, 11) is 0. The van der Waals surface area contributed by atoms with Crippen LogP contribution >= 0.6 is 12.2 Å². The van der Waals surface area contributed by atoms with Gasteiger partial charge in [-0.05, 0) is 30.0 Å². The summed E-state index contributed by atoms with van der Waals surface area (Å²) in [5.41, 5.74) is 3.88. The normalized spacial score (nSPS) is 18.7. The van der Waals surface area contributed by atoms with Crippen LogP contribution in [0.4, 0.5) is 5.69 Å². The fourth-order valence-corrected chi connectivity index (χ4v) is 2.82. The summed E-state index contributed by atoms with van der Waals surface area (Å²) in [6, 6.07) is 19.2. The number of nitrogens with one attached hydrogen (secondary N) is 1. The minimum atomic E-state index is 0.440. The number of rotatable bonds is 1. The fraction of sp³-hybridized carbons (Fsp3) is 0.188. The third-order valence-electron chi connectivity index (χ3n) is 3.47. The molecule has 0 bridgehead atoms. The highest BCUT2D eigenvalue weighted by atomic mass is 32.1. The van der Waals surface area contributed by atoms with Gasteiger partial charge < -0.3 is 5.32 Å². The second-order valence-electron chi connectivity index (χ2n) is 4.64. The fourth-order valence-electron chi connectivity index (χ4n) is 2.59. The van der Waals surface area contributed by atoms with Crippen LogP contribution in [0.25, 0.3) is 0 Å². The summed E-state index contributed by atoms with van der Waals surface area (Å²) < 4.78 is 0. The first-order chi connectivity index (χ1) is 8.84. The van der Waals surface area contributed by atoms with Gasteiger partial charge in [-0.1, -0.05) is 60.7 Å². The van der Waals surface area contributed by atoms with Gasteiger partial charge in [-0.25, -0.2) is 0 Å². The van der Waals surface area contributed by atoms with Gasteiger partial charge in [0.05, 0.1) is 4.99 Å². The Morgan fingerprint density at radius 1 is 0.944 bits per heavy atom. The lowest BCUT2D eigenvalue weighted by molar-refractivity contribution is 0.755. The van der Waals surface area contributed by atoms with Gasteiger partial charge in [-0.3, -0.25) is 0 Å². The number of thiocarbonyl (C=S) groups is 1. The van der Waals surface area contributed by atoms with Crippen LogP contribution in [-0.4, -0.2) is 4.99 Å². The van der Waals surface area contributed by atoms with E-state index in [2.05, 4.69) is 59.9 Å². The average molecular weight is 253 g/mol. The third-order valence-corrected chi connectivity index (χ3v) is 3.78. The van der Waals surface area contributed by atoms with Crippen molar-refractivity contribution < 1.29 is 0 Å². The molecule has 0 aromatic heterocycles. The Hall–Kier alpha value is -1.67. The molecule has 1 N–H and O–H groups in total. The van der Waals surface area contributed by atoms with Crippen LogP contribution in [0.1, 0.15) is 29.9 Å². The van der Waals surface area contributed by atoms with Crippen molar-refractivity contribution >= 4 is 22.9 Å². The molecule has 1 aliphatic rings. The largest absolute Gasteiger partial charge is 0.350 e. The molecule has 0 unspecified atom stereocenters. The van der Waals surface area contributed by atoms with Crippen molar-refractivity contribution in [3.63, 3.8) is 0 Å². The molecular weight excluding hydrogens is 238 g/mol. The number of hydrogen-bond donors (Lipinski definition) is 1. The lowest BCUT2D eigenvalue weighted by Crippen LogP contribution is -2.06. The Kier molecular flexibility index (Phi) is 3.11. The zero-order valence-corrected chi connectivity index (χ0v) is 10.9. The summed E-state index contributed by atoms with van der Waals surface area (Å²) >= 11 is 5.36. The van der Waals surface area contributed by atoms with Crippen molar-refractivity contribution in [3.8, 4) is 0 Å². The van der Waals surface area contributed by atoms with E-state index in [9.17, 15) is 0 Å².